The molecule has 0 aliphatic rings. The molecule has 0 fully saturated rings. The Kier molecular flexibility index (Phi) is 4.42. The molecule has 6 heteroatoms. The van der Waals surface area contributed by atoms with Crippen LogP contribution in [0.25, 0.3) is 0 Å². The number of nitrogens with zero attached hydrogens (tertiary/aromatic N) is 1. The number of hydrogen-bond donors (Lipinski definition) is 2. The molecule has 0 amide bonds. The number of oxime groups is 1. The standard InChI is InChI=1S/C14H12ClFN2O2/c15-11-5-4-10(13(16)7-11)8-20-12-3-1-2-9(6-12)14(17)18-19/h1-7,19H,8H2,(H2,17,18). The van der Waals surface area contributed by atoms with Crippen molar-refractivity contribution in [3.63, 3.8) is 0 Å². The van der Waals surface area contributed by atoms with Gasteiger partial charge in [-0.1, -0.05) is 35.0 Å². The van der Waals surface area contributed by atoms with Gasteiger partial charge < -0.3 is 15.7 Å². The van der Waals surface area contributed by atoms with E-state index in [0.717, 1.165) is 0 Å². The normalized spacial score (nSPS) is 11.4. The number of benzene rings is 2. The quantitative estimate of drug-likeness (QED) is 0.394. The second kappa shape index (κ2) is 6.25. The smallest absolute Gasteiger partial charge is 0.170 e. The van der Waals surface area contributed by atoms with Gasteiger partial charge in [0.1, 0.15) is 18.2 Å². The molecule has 0 atom stereocenters. The first kappa shape index (κ1) is 14.1. The van der Waals surface area contributed by atoms with Crippen LogP contribution in [0.1, 0.15) is 11.1 Å². The Balaban J connectivity index is 2.11. The van der Waals surface area contributed by atoms with Gasteiger partial charge in [0, 0.05) is 16.1 Å². The monoisotopic (exact) mass is 294 g/mol. The predicted octanol–water partition coefficient (Wildman–Crippen LogP) is 3.15. The molecule has 2 aromatic rings. The van der Waals surface area contributed by atoms with Crippen LogP contribution in [0.4, 0.5) is 4.39 Å². The summed E-state index contributed by atoms with van der Waals surface area (Å²) < 4.78 is 19.1. The third kappa shape index (κ3) is 3.39. The fourth-order valence-electron chi connectivity index (χ4n) is 1.60. The lowest BCUT2D eigenvalue weighted by Gasteiger charge is -2.08. The van der Waals surface area contributed by atoms with Crippen LogP contribution < -0.4 is 10.5 Å². The molecular formula is C14H12ClFN2O2. The summed E-state index contributed by atoms with van der Waals surface area (Å²) in [5.41, 5.74) is 6.39. The summed E-state index contributed by atoms with van der Waals surface area (Å²) in [7, 11) is 0. The van der Waals surface area contributed by atoms with Crippen LogP contribution in [0, 0.1) is 5.82 Å². The molecule has 0 heterocycles. The molecular weight excluding hydrogens is 283 g/mol. The molecule has 2 rings (SSSR count). The van der Waals surface area contributed by atoms with Crippen LogP contribution in [-0.2, 0) is 6.61 Å². The molecule has 0 aliphatic heterocycles. The summed E-state index contributed by atoms with van der Waals surface area (Å²) in [6.07, 6.45) is 0. The summed E-state index contributed by atoms with van der Waals surface area (Å²) in [6.45, 7) is 0.0582. The lowest BCUT2D eigenvalue weighted by molar-refractivity contribution is 0.299. The Hall–Kier alpha value is -2.27. The molecule has 2 aromatic carbocycles. The molecule has 3 N–H and O–H groups in total. The minimum Gasteiger partial charge on any atom is -0.489 e. The van der Waals surface area contributed by atoms with Crippen molar-refractivity contribution in [1.82, 2.24) is 0 Å². The third-order valence-corrected chi connectivity index (χ3v) is 2.88. The predicted molar refractivity (Wildman–Crippen MR) is 74.7 cm³/mol. The van der Waals surface area contributed by atoms with E-state index in [1.165, 1.54) is 6.07 Å². The summed E-state index contributed by atoms with van der Waals surface area (Å²) in [5.74, 6) is 0.0432. The van der Waals surface area contributed by atoms with E-state index in [2.05, 4.69) is 5.16 Å². The van der Waals surface area contributed by atoms with Crippen molar-refractivity contribution < 1.29 is 14.3 Å². The van der Waals surface area contributed by atoms with Gasteiger partial charge in [0.15, 0.2) is 5.84 Å². The van der Waals surface area contributed by atoms with E-state index in [4.69, 9.17) is 27.3 Å². The first-order valence-electron chi connectivity index (χ1n) is 5.75. The van der Waals surface area contributed by atoms with Gasteiger partial charge in [-0.15, -0.1) is 0 Å². The maximum Gasteiger partial charge on any atom is 0.170 e. The van der Waals surface area contributed by atoms with Crippen molar-refractivity contribution in [2.24, 2.45) is 10.9 Å². The number of hydrogen-bond acceptors (Lipinski definition) is 3. The Morgan fingerprint density at radius 2 is 2.10 bits per heavy atom. The van der Waals surface area contributed by atoms with E-state index < -0.39 is 5.82 Å². The molecule has 0 aromatic heterocycles. The van der Waals surface area contributed by atoms with Gasteiger partial charge >= 0.3 is 0 Å². The molecule has 0 radical (unpaired) electrons. The maximum atomic E-state index is 13.6. The highest BCUT2D eigenvalue weighted by Crippen LogP contribution is 2.18. The second-order valence-electron chi connectivity index (χ2n) is 4.04. The number of halogens is 2. The van der Waals surface area contributed by atoms with Crippen LogP contribution in [-0.4, -0.2) is 11.0 Å². The summed E-state index contributed by atoms with van der Waals surface area (Å²) in [5, 5.41) is 11.8. The topological polar surface area (TPSA) is 67.8 Å². The first-order chi connectivity index (χ1) is 9.60. The van der Waals surface area contributed by atoms with Crippen molar-refractivity contribution in [2.75, 3.05) is 0 Å². The van der Waals surface area contributed by atoms with Crippen LogP contribution >= 0.6 is 11.6 Å². The van der Waals surface area contributed by atoms with E-state index in [-0.39, 0.29) is 12.4 Å². The fraction of sp³-hybridized carbons (Fsp3) is 0.0714. The lowest BCUT2D eigenvalue weighted by Crippen LogP contribution is -2.13. The average molecular weight is 295 g/mol. The van der Waals surface area contributed by atoms with E-state index in [1.54, 1.807) is 36.4 Å². The van der Waals surface area contributed by atoms with Crippen molar-refractivity contribution >= 4 is 17.4 Å². The van der Waals surface area contributed by atoms with Crippen molar-refractivity contribution in [3.8, 4) is 5.75 Å². The van der Waals surface area contributed by atoms with Crippen molar-refractivity contribution in [2.45, 2.75) is 6.61 Å². The van der Waals surface area contributed by atoms with E-state index in [0.29, 0.717) is 21.9 Å². The highest BCUT2D eigenvalue weighted by atomic mass is 35.5. The number of rotatable bonds is 4. The zero-order valence-corrected chi connectivity index (χ0v) is 11.1. The average Bonchev–Trinajstić information content (AvgIpc) is 2.46. The van der Waals surface area contributed by atoms with E-state index in [1.807, 2.05) is 0 Å². The van der Waals surface area contributed by atoms with Gasteiger partial charge in [0.05, 0.1) is 0 Å². The van der Waals surface area contributed by atoms with Crippen LogP contribution in [0.3, 0.4) is 0 Å². The minimum absolute atomic E-state index is 0.0203. The SMILES string of the molecule is N/C(=N/O)c1cccc(OCc2ccc(Cl)cc2F)c1. The Labute approximate surface area is 120 Å². The molecule has 0 bridgehead atoms. The number of ether oxygens (including phenoxy) is 1. The molecule has 0 unspecified atom stereocenters. The molecule has 104 valence electrons. The lowest BCUT2D eigenvalue weighted by atomic mass is 10.2. The summed E-state index contributed by atoms with van der Waals surface area (Å²) >= 11 is 5.67. The minimum atomic E-state index is -0.426. The van der Waals surface area contributed by atoms with Crippen molar-refractivity contribution in [3.05, 3.63) is 64.4 Å². The van der Waals surface area contributed by atoms with Gasteiger partial charge in [-0.05, 0) is 24.3 Å². The molecule has 0 aliphatic carbocycles. The van der Waals surface area contributed by atoms with E-state index in [9.17, 15) is 4.39 Å². The van der Waals surface area contributed by atoms with Gasteiger partial charge in [-0.2, -0.15) is 0 Å². The second-order valence-corrected chi connectivity index (χ2v) is 4.47. The maximum absolute atomic E-state index is 13.6. The first-order valence-corrected chi connectivity index (χ1v) is 6.12. The van der Waals surface area contributed by atoms with Gasteiger partial charge in [0.25, 0.3) is 0 Å². The zero-order valence-electron chi connectivity index (χ0n) is 10.4. The molecule has 20 heavy (non-hydrogen) atoms. The third-order valence-electron chi connectivity index (χ3n) is 2.65. The highest BCUT2D eigenvalue weighted by molar-refractivity contribution is 6.30. The van der Waals surface area contributed by atoms with Crippen LogP contribution in [0.5, 0.6) is 5.75 Å². The molecule has 0 saturated carbocycles. The van der Waals surface area contributed by atoms with Crippen molar-refractivity contribution in [1.29, 1.82) is 0 Å². The Morgan fingerprint density at radius 3 is 2.80 bits per heavy atom. The Morgan fingerprint density at radius 1 is 1.30 bits per heavy atom. The number of amidine groups is 1. The van der Waals surface area contributed by atoms with Gasteiger partial charge in [-0.25, -0.2) is 4.39 Å². The summed E-state index contributed by atoms with van der Waals surface area (Å²) in [6, 6.07) is 11.0. The molecule has 4 nitrogen and oxygen atoms in total. The zero-order chi connectivity index (χ0) is 14.5. The summed E-state index contributed by atoms with van der Waals surface area (Å²) in [4.78, 5) is 0. The largest absolute Gasteiger partial charge is 0.489 e. The fourth-order valence-corrected chi connectivity index (χ4v) is 1.76. The van der Waals surface area contributed by atoms with Gasteiger partial charge in [-0.3, -0.25) is 0 Å². The van der Waals surface area contributed by atoms with Crippen LogP contribution in [0.2, 0.25) is 5.02 Å². The Bertz CT molecular complexity index is 647. The molecule has 0 saturated heterocycles. The van der Waals surface area contributed by atoms with Crippen LogP contribution in [0.15, 0.2) is 47.6 Å². The number of nitrogens with two attached hydrogens (primary N) is 1. The molecule has 0 spiro atoms. The van der Waals surface area contributed by atoms with Gasteiger partial charge in [0.2, 0.25) is 0 Å². The highest BCUT2D eigenvalue weighted by Gasteiger charge is 2.05. The van der Waals surface area contributed by atoms with E-state index >= 15 is 0 Å².